The number of likely N-dealkylation sites (tertiary alicyclic amines) is 1. The van der Waals surface area contributed by atoms with Crippen molar-refractivity contribution in [2.45, 2.75) is 24.9 Å². The molecule has 32 heavy (non-hydrogen) atoms. The summed E-state index contributed by atoms with van der Waals surface area (Å²) in [4.78, 5) is 14.6. The number of alkyl halides is 3. The van der Waals surface area contributed by atoms with Crippen LogP contribution in [0.5, 0.6) is 0 Å². The molecule has 1 aliphatic rings. The maximum Gasteiger partial charge on any atom is 0.417 e. The van der Waals surface area contributed by atoms with Crippen LogP contribution >= 0.6 is 0 Å². The van der Waals surface area contributed by atoms with Gasteiger partial charge < -0.3 is 4.90 Å². The Morgan fingerprint density at radius 1 is 1.19 bits per heavy atom. The predicted octanol–water partition coefficient (Wildman–Crippen LogP) is 3.14. The van der Waals surface area contributed by atoms with Crippen molar-refractivity contribution in [3.63, 3.8) is 0 Å². The molecule has 0 bridgehead atoms. The van der Waals surface area contributed by atoms with Crippen LogP contribution < -0.4 is 4.72 Å². The third-order valence-corrected chi connectivity index (χ3v) is 5.85. The average molecular weight is 467 g/mol. The lowest BCUT2D eigenvalue weighted by atomic mass is 9.96. The quantitative estimate of drug-likeness (QED) is 0.636. The molecule has 1 aliphatic heterocycles. The molecule has 0 spiro atoms. The number of piperidine rings is 1. The lowest BCUT2D eigenvalue weighted by molar-refractivity contribution is -0.137. The Morgan fingerprint density at radius 3 is 2.69 bits per heavy atom. The molecule has 170 valence electrons. The van der Waals surface area contributed by atoms with Crippen LogP contribution in [0.2, 0.25) is 0 Å². The zero-order valence-corrected chi connectivity index (χ0v) is 17.8. The van der Waals surface area contributed by atoms with Crippen molar-refractivity contribution >= 4 is 27.3 Å². The first-order valence-electron chi connectivity index (χ1n) is 9.80. The molecule has 1 saturated heterocycles. The third kappa shape index (κ3) is 4.69. The number of hydrogen-bond acceptors (Lipinski definition) is 5. The molecule has 1 unspecified atom stereocenters. The Hall–Kier alpha value is -3.15. The van der Waals surface area contributed by atoms with Crippen LogP contribution in [-0.2, 0) is 16.2 Å². The third-order valence-electron chi connectivity index (χ3n) is 5.24. The first-order chi connectivity index (χ1) is 15.0. The van der Waals surface area contributed by atoms with Gasteiger partial charge in [-0.1, -0.05) is 6.07 Å². The van der Waals surface area contributed by atoms with E-state index in [9.17, 15) is 26.4 Å². The van der Waals surface area contributed by atoms with Gasteiger partial charge in [-0.05, 0) is 43.2 Å². The second-order valence-corrected chi connectivity index (χ2v) is 9.50. The molecule has 0 aliphatic carbocycles. The van der Waals surface area contributed by atoms with E-state index in [0.717, 1.165) is 18.5 Å². The first kappa shape index (κ1) is 22.1. The highest BCUT2D eigenvalue weighted by Crippen LogP contribution is 2.31. The second-order valence-electron chi connectivity index (χ2n) is 7.75. The fourth-order valence-electron chi connectivity index (χ4n) is 3.84. The number of carbonyl (C=O) groups excluding carboxylic acids is 1. The molecule has 1 N–H and O–H groups in total. The maximum absolute atomic E-state index is 13.1. The lowest BCUT2D eigenvalue weighted by Crippen LogP contribution is -2.39. The number of amides is 1. The molecule has 4 rings (SSSR count). The summed E-state index contributed by atoms with van der Waals surface area (Å²) in [6.45, 7) is 0.739. The molecular formula is C20H20F3N5O3S. The molecule has 1 amide bonds. The minimum atomic E-state index is -4.49. The number of rotatable bonds is 4. The Balaban J connectivity index is 1.58. The normalized spacial score (nSPS) is 17.5. The molecule has 8 nitrogen and oxygen atoms in total. The Bertz CT molecular complexity index is 1270. The van der Waals surface area contributed by atoms with Crippen molar-refractivity contribution in [3.05, 3.63) is 59.5 Å². The fourth-order valence-corrected chi connectivity index (χ4v) is 4.39. The van der Waals surface area contributed by atoms with Crippen molar-refractivity contribution in [1.82, 2.24) is 19.5 Å². The van der Waals surface area contributed by atoms with Crippen molar-refractivity contribution in [3.8, 4) is 0 Å². The van der Waals surface area contributed by atoms with Gasteiger partial charge in [-0.15, -0.1) is 10.2 Å². The van der Waals surface area contributed by atoms with Gasteiger partial charge in [0, 0.05) is 36.5 Å². The summed E-state index contributed by atoms with van der Waals surface area (Å²) >= 11 is 0. The number of aromatic nitrogens is 3. The van der Waals surface area contributed by atoms with Crippen LogP contribution in [0.15, 0.2) is 42.6 Å². The molecule has 0 radical (unpaired) electrons. The summed E-state index contributed by atoms with van der Waals surface area (Å²) in [6, 6.07) is 8.38. The topological polar surface area (TPSA) is 96.7 Å². The number of nitrogens with one attached hydrogen (secondary N) is 1. The molecule has 0 saturated carbocycles. The zero-order chi connectivity index (χ0) is 23.1. The summed E-state index contributed by atoms with van der Waals surface area (Å²) in [6.07, 6.45) is -1.20. The lowest BCUT2D eigenvalue weighted by Gasteiger charge is -2.32. The van der Waals surface area contributed by atoms with E-state index >= 15 is 0 Å². The molecule has 1 atom stereocenters. The monoisotopic (exact) mass is 467 g/mol. The fraction of sp³-hybridized carbons (Fsp3) is 0.350. The highest BCUT2D eigenvalue weighted by Gasteiger charge is 2.33. The van der Waals surface area contributed by atoms with Gasteiger partial charge in [0.05, 0.1) is 11.8 Å². The van der Waals surface area contributed by atoms with Gasteiger partial charge in [0.25, 0.3) is 5.91 Å². The number of nitrogens with zero attached hydrogens (tertiary/aromatic N) is 4. The molecule has 12 heteroatoms. The van der Waals surface area contributed by atoms with Crippen LogP contribution in [0.4, 0.5) is 18.9 Å². The second kappa shape index (κ2) is 8.08. The van der Waals surface area contributed by atoms with E-state index in [4.69, 9.17) is 0 Å². The van der Waals surface area contributed by atoms with Crippen LogP contribution in [0, 0.1) is 0 Å². The van der Waals surface area contributed by atoms with Crippen molar-refractivity contribution < 1.29 is 26.4 Å². The van der Waals surface area contributed by atoms with E-state index in [1.807, 2.05) is 0 Å². The Kier molecular flexibility index (Phi) is 5.57. The van der Waals surface area contributed by atoms with E-state index < -0.39 is 21.8 Å². The van der Waals surface area contributed by atoms with Crippen LogP contribution in [0.3, 0.4) is 0 Å². The number of pyridine rings is 1. The number of carbonyl (C=O) groups is 1. The highest BCUT2D eigenvalue weighted by molar-refractivity contribution is 7.92. The summed E-state index contributed by atoms with van der Waals surface area (Å²) in [5, 5.41) is 8.06. The standard InChI is InChI=1S/C20H20F3N5O3S/c1-32(30,31)26-16-6-2-4-13(10-16)19(29)27-9-3-5-14(11-27)18-25-24-17-8-7-15(12-28(17)18)20(21,22)23/h2,4,6-8,10,12,14,26H,3,5,9,11H2,1H3. The number of fused-ring (bicyclic) bond motifs is 1. The highest BCUT2D eigenvalue weighted by atomic mass is 32.2. The van der Waals surface area contributed by atoms with Crippen LogP contribution in [-0.4, -0.2) is 53.2 Å². The first-order valence-corrected chi connectivity index (χ1v) is 11.7. The molecule has 3 heterocycles. The Morgan fingerprint density at radius 2 is 1.97 bits per heavy atom. The predicted molar refractivity (Wildman–Crippen MR) is 111 cm³/mol. The van der Waals surface area contributed by atoms with E-state index in [0.29, 0.717) is 36.4 Å². The minimum absolute atomic E-state index is 0.263. The van der Waals surface area contributed by atoms with Gasteiger partial charge >= 0.3 is 6.18 Å². The summed E-state index contributed by atoms with van der Waals surface area (Å²) in [7, 11) is -3.49. The molecular weight excluding hydrogens is 447 g/mol. The van der Waals surface area contributed by atoms with Crippen molar-refractivity contribution in [1.29, 1.82) is 0 Å². The van der Waals surface area contributed by atoms with Crippen molar-refractivity contribution in [2.24, 2.45) is 0 Å². The molecule has 1 aromatic carbocycles. The van der Waals surface area contributed by atoms with Gasteiger partial charge in [-0.2, -0.15) is 13.2 Å². The molecule has 3 aromatic rings. The minimum Gasteiger partial charge on any atom is -0.338 e. The number of benzene rings is 1. The average Bonchev–Trinajstić information content (AvgIpc) is 3.15. The van der Waals surface area contributed by atoms with Gasteiger partial charge in [-0.3, -0.25) is 13.9 Å². The van der Waals surface area contributed by atoms with Gasteiger partial charge in [-0.25, -0.2) is 8.42 Å². The van der Waals surface area contributed by atoms with E-state index in [1.165, 1.54) is 22.6 Å². The summed E-state index contributed by atoms with van der Waals surface area (Å²) < 4.78 is 66.0. The van der Waals surface area contributed by atoms with Crippen LogP contribution in [0.1, 0.15) is 40.5 Å². The van der Waals surface area contributed by atoms with E-state index in [1.54, 1.807) is 17.0 Å². The smallest absolute Gasteiger partial charge is 0.338 e. The zero-order valence-electron chi connectivity index (χ0n) is 17.0. The van der Waals surface area contributed by atoms with E-state index in [2.05, 4.69) is 14.9 Å². The molecule has 1 fully saturated rings. The number of anilines is 1. The van der Waals surface area contributed by atoms with Gasteiger partial charge in [0.15, 0.2) is 5.65 Å². The molecule has 2 aromatic heterocycles. The number of sulfonamides is 1. The van der Waals surface area contributed by atoms with Crippen molar-refractivity contribution in [2.75, 3.05) is 24.1 Å². The Labute approximate surface area is 182 Å². The maximum atomic E-state index is 13.1. The van der Waals surface area contributed by atoms with Gasteiger partial charge in [0.1, 0.15) is 5.82 Å². The SMILES string of the molecule is CS(=O)(=O)Nc1cccc(C(=O)N2CCCC(c3nnc4ccc(C(F)(F)F)cn34)C2)c1. The van der Waals surface area contributed by atoms with E-state index in [-0.39, 0.29) is 24.1 Å². The summed E-state index contributed by atoms with van der Waals surface area (Å²) in [5.41, 5.74) is 0.0841. The number of hydrogen-bond donors (Lipinski definition) is 1. The van der Waals surface area contributed by atoms with Crippen LogP contribution in [0.25, 0.3) is 5.65 Å². The number of halogens is 3. The van der Waals surface area contributed by atoms with Gasteiger partial charge in [0.2, 0.25) is 10.0 Å². The largest absolute Gasteiger partial charge is 0.417 e. The summed E-state index contributed by atoms with van der Waals surface area (Å²) in [5.74, 6) is -0.212.